The summed E-state index contributed by atoms with van der Waals surface area (Å²) in [5.41, 5.74) is 2.82. The maximum atomic E-state index is 13.3. The van der Waals surface area contributed by atoms with E-state index in [-0.39, 0.29) is 17.8 Å². The van der Waals surface area contributed by atoms with Gasteiger partial charge in [-0.1, -0.05) is 12.1 Å². The Balaban J connectivity index is 1.76. The number of carbonyl (C=O) groups is 1. The first-order valence-electron chi connectivity index (χ1n) is 8.45. The van der Waals surface area contributed by atoms with Crippen LogP contribution in [0.3, 0.4) is 0 Å². The Morgan fingerprint density at radius 2 is 1.85 bits per heavy atom. The van der Waals surface area contributed by atoms with E-state index in [0.717, 1.165) is 29.0 Å². The number of hydrogen-bond donors (Lipinski definition) is 1. The average Bonchev–Trinajstić information content (AvgIpc) is 3.37. The number of thioether (sulfide) groups is 1. The standard InChI is InChI=1S/C20H18FN3OS/c1-26-17-10-2-13(3-11-17)19-12-18(20(25)22-15-6-7-15)23-24(19)16-8-4-14(21)5-9-16/h2-5,8-12,15H,6-7H2,1H3,(H,22,25). The molecule has 1 aliphatic carbocycles. The van der Waals surface area contributed by atoms with Crippen LogP contribution in [0.5, 0.6) is 0 Å². The molecule has 1 heterocycles. The molecule has 1 amide bonds. The van der Waals surface area contributed by atoms with Gasteiger partial charge in [-0.05, 0) is 61.6 Å². The van der Waals surface area contributed by atoms with Crippen molar-refractivity contribution in [2.45, 2.75) is 23.8 Å². The van der Waals surface area contributed by atoms with Crippen LogP contribution in [-0.2, 0) is 0 Å². The summed E-state index contributed by atoms with van der Waals surface area (Å²) in [6, 6.07) is 16.2. The normalized spacial score (nSPS) is 13.6. The fourth-order valence-corrected chi connectivity index (χ4v) is 3.13. The van der Waals surface area contributed by atoms with Crippen LogP contribution in [0.4, 0.5) is 4.39 Å². The van der Waals surface area contributed by atoms with Gasteiger partial charge < -0.3 is 5.32 Å². The zero-order valence-electron chi connectivity index (χ0n) is 14.3. The van der Waals surface area contributed by atoms with Gasteiger partial charge in [0.2, 0.25) is 0 Å². The Kier molecular flexibility index (Phi) is 4.51. The molecular formula is C20H18FN3OS. The minimum absolute atomic E-state index is 0.171. The maximum Gasteiger partial charge on any atom is 0.272 e. The first kappa shape index (κ1) is 16.8. The van der Waals surface area contributed by atoms with Crippen molar-refractivity contribution in [1.82, 2.24) is 15.1 Å². The number of rotatable bonds is 5. The monoisotopic (exact) mass is 367 g/mol. The van der Waals surface area contributed by atoms with E-state index in [0.29, 0.717) is 11.4 Å². The number of halogens is 1. The molecule has 0 radical (unpaired) electrons. The summed E-state index contributed by atoms with van der Waals surface area (Å²) in [5, 5.41) is 7.45. The summed E-state index contributed by atoms with van der Waals surface area (Å²) in [6.07, 6.45) is 4.07. The van der Waals surface area contributed by atoms with Gasteiger partial charge in [0, 0.05) is 16.5 Å². The van der Waals surface area contributed by atoms with E-state index >= 15 is 0 Å². The SMILES string of the molecule is CSc1ccc(-c2cc(C(=O)NC3CC3)nn2-c2ccc(F)cc2)cc1. The van der Waals surface area contributed by atoms with Crippen molar-refractivity contribution in [1.29, 1.82) is 0 Å². The third-order valence-electron chi connectivity index (χ3n) is 4.31. The van der Waals surface area contributed by atoms with Gasteiger partial charge >= 0.3 is 0 Å². The van der Waals surface area contributed by atoms with Crippen molar-refractivity contribution in [2.75, 3.05) is 6.26 Å². The summed E-state index contributed by atoms with van der Waals surface area (Å²) in [6.45, 7) is 0. The van der Waals surface area contributed by atoms with Crippen molar-refractivity contribution >= 4 is 17.7 Å². The van der Waals surface area contributed by atoms with Crippen LogP contribution in [0.2, 0.25) is 0 Å². The number of carbonyl (C=O) groups excluding carboxylic acids is 1. The lowest BCUT2D eigenvalue weighted by Gasteiger charge is -2.08. The summed E-state index contributed by atoms with van der Waals surface area (Å²) in [5.74, 6) is -0.478. The maximum absolute atomic E-state index is 13.3. The Bertz CT molecular complexity index is 931. The zero-order chi connectivity index (χ0) is 18.1. The molecule has 0 aliphatic heterocycles. The molecule has 132 valence electrons. The summed E-state index contributed by atoms with van der Waals surface area (Å²) < 4.78 is 15.0. The van der Waals surface area contributed by atoms with E-state index in [1.807, 2.05) is 30.5 Å². The number of benzene rings is 2. The summed E-state index contributed by atoms with van der Waals surface area (Å²) in [7, 11) is 0. The van der Waals surface area contributed by atoms with Crippen molar-refractivity contribution in [3.05, 3.63) is 66.1 Å². The van der Waals surface area contributed by atoms with E-state index in [2.05, 4.69) is 10.4 Å². The minimum atomic E-state index is -0.307. The van der Waals surface area contributed by atoms with E-state index in [9.17, 15) is 9.18 Å². The smallest absolute Gasteiger partial charge is 0.272 e. The molecule has 3 aromatic rings. The molecule has 26 heavy (non-hydrogen) atoms. The van der Waals surface area contributed by atoms with E-state index in [1.165, 1.54) is 12.1 Å². The number of amides is 1. The van der Waals surface area contributed by atoms with Gasteiger partial charge in [-0.2, -0.15) is 5.10 Å². The molecule has 4 nitrogen and oxygen atoms in total. The fraction of sp³-hybridized carbons (Fsp3) is 0.200. The van der Waals surface area contributed by atoms with Gasteiger partial charge in [0.1, 0.15) is 5.82 Å². The predicted molar refractivity (Wildman–Crippen MR) is 101 cm³/mol. The topological polar surface area (TPSA) is 46.9 Å². The van der Waals surface area contributed by atoms with Crippen molar-refractivity contribution in [2.24, 2.45) is 0 Å². The van der Waals surface area contributed by atoms with Gasteiger partial charge in [0.25, 0.3) is 5.91 Å². The van der Waals surface area contributed by atoms with Crippen molar-refractivity contribution < 1.29 is 9.18 Å². The first-order valence-corrected chi connectivity index (χ1v) is 9.68. The molecule has 0 bridgehead atoms. The Hall–Kier alpha value is -2.60. The lowest BCUT2D eigenvalue weighted by atomic mass is 10.1. The highest BCUT2D eigenvalue weighted by molar-refractivity contribution is 7.98. The largest absolute Gasteiger partial charge is 0.348 e. The third-order valence-corrected chi connectivity index (χ3v) is 5.06. The van der Waals surface area contributed by atoms with Gasteiger partial charge in [0.15, 0.2) is 5.69 Å². The molecule has 1 aliphatic rings. The summed E-state index contributed by atoms with van der Waals surface area (Å²) >= 11 is 1.67. The molecule has 6 heteroatoms. The second-order valence-electron chi connectivity index (χ2n) is 6.28. The van der Waals surface area contributed by atoms with E-state index in [4.69, 9.17) is 0 Å². The Morgan fingerprint density at radius 1 is 1.15 bits per heavy atom. The first-order chi connectivity index (χ1) is 12.6. The lowest BCUT2D eigenvalue weighted by molar-refractivity contribution is 0.0945. The molecule has 1 fully saturated rings. The van der Waals surface area contributed by atoms with Gasteiger partial charge in [-0.3, -0.25) is 4.79 Å². The molecule has 0 saturated heterocycles. The number of nitrogens with one attached hydrogen (secondary N) is 1. The molecule has 4 rings (SSSR count). The third kappa shape index (κ3) is 3.51. The molecule has 1 N–H and O–H groups in total. The van der Waals surface area contributed by atoms with Crippen LogP contribution in [0.15, 0.2) is 59.5 Å². The van der Waals surface area contributed by atoms with Crippen LogP contribution in [0, 0.1) is 5.82 Å². The quantitative estimate of drug-likeness (QED) is 0.684. The Labute approximate surface area is 155 Å². The van der Waals surface area contributed by atoms with Gasteiger partial charge in [0.05, 0.1) is 11.4 Å². The molecule has 0 unspecified atom stereocenters. The van der Waals surface area contributed by atoms with Crippen molar-refractivity contribution in [3.63, 3.8) is 0 Å². The highest BCUT2D eigenvalue weighted by Crippen LogP contribution is 2.27. The molecule has 0 spiro atoms. The highest BCUT2D eigenvalue weighted by atomic mass is 32.2. The number of hydrogen-bond acceptors (Lipinski definition) is 3. The zero-order valence-corrected chi connectivity index (χ0v) is 15.1. The second kappa shape index (κ2) is 6.96. The van der Waals surface area contributed by atoms with Crippen LogP contribution >= 0.6 is 11.8 Å². The Morgan fingerprint density at radius 3 is 2.46 bits per heavy atom. The van der Waals surface area contributed by atoms with Crippen LogP contribution in [0.1, 0.15) is 23.3 Å². The average molecular weight is 367 g/mol. The number of nitrogens with zero attached hydrogens (tertiary/aromatic N) is 2. The van der Waals surface area contributed by atoms with Gasteiger partial charge in [-0.15, -0.1) is 11.8 Å². The van der Waals surface area contributed by atoms with E-state index < -0.39 is 0 Å². The molecule has 2 aromatic carbocycles. The fourth-order valence-electron chi connectivity index (χ4n) is 2.73. The molecule has 1 saturated carbocycles. The molecule has 1 aromatic heterocycles. The minimum Gasteiger partial charge on any atom is -0.348 e. The van der Waals surface area contributed by atoms with E-state index in [1.54, 1.807) is 34.6 Å². The van der Waals surface area contributed by atoms with Crippen molar-refractivity contribution in [3.8, 4) is 16.9 Å². The molecule has 0 atom stereocenters. The lowest BCUT2D eigenvalue weighted by Crippen LogP contribution is -2.25. The van der Waals surface area contributed by atoms with Gasteiger partial charge in [-0.25, -0.2) is 9.07 Å². The van der Waals surface area contributed by atoms with Crippen LogP contribution in [-0.4, -0.2) is 28.0 Å². The summed E-state index contributed by atoms with van der Waals surface area (Å²) in [4.78, 5) is 13.6. The molecular weight excluding hydrogens is 349 g/mol. The van der Waals surface area contributed by atoms with Crippen LogP contribution in [0.25, 0.3) is 16.9 Å². The second-order valence-corrected chi connectivity index (χ2v) is 7.16. The number of aromatic nitrogens is 2. The van der Waals surface area contributed by atoms with Crippen LogP contribution < -0.4 is 5.32 Å². The highest BCUT2D eigenvalue weighted by Gasteiger charge is 2.25. The predicted octanol–water partition coefficient (Wildman–Crippen LogP) is 4.29.